The Kier molecular flexibility index (Phi) is 3.63. The zero-order valence-corrected chi connectivity index (χ0v) is 11.6. The lowest BCUT2D eigenvalue weighted by molar-refractivity contribution is -0.118. The maximum Gasteiger partial charge on any atom is 0.262 e. The van der Waals surface area contributed by atoms with Crippen molar-refractivity contribution < 1.29 is 14.3 Å². The molecule has 5 nitrogen and oxygen atoms in total. The fourth-order valence-corrected chi connectivity index (χ4v) is 2.84. The van der Waals surface area contributed by atoms with Crippen molar-refractivity contribution in [3.63, 3.8) is 0 Å². The van der Waals surface area contributed by atoms with Gasteiger partial charge >= 0.3 is 0 Å². The second kappa shape index (κ2) is 5.42. The van der Waals surface area contributed by atoms with Crippen molar-refractivity contribution in [1.82, 2.24) is 5.32 Å². The first-order chi connectivity index (χ1) is 9.65. The summed E-state index contributed by atoms with van der Waals surface area (Å²) < 4.78 is 5.33. The second-order valence-electron chi connectivity index (χ2n) is 5.07. The zero-order valence-electron chi connectivity index (χ0n) is 10.9. The maximum atomic E-state index is 12.5. The standard InChI is InChI=1S/C14H15ClN2O3/c15-10-5-11-12(20-7-13(18)17-11)4-9(10)14(19)8-2-1-3-16-6-8/h4-5,8,16H,1-3,6-7H2,(H,17,18). The number of carbonyl (C=O) groups is 2. The number of nitrogens with one attached hydrogen (secondary N) is 2. The minimum Gasteiger partial charge on any atom is -0.482 e. The van der Waals surface area contributed by atoms with E-state index in [1.54, 1.807) is 12.1 Å². The normalized spacial score (nSPS) is 21.6. The highest BCUT2D eigenvalue weighted by molar-refractivity contribution is 6.34. The number of halogens is 1. The van der Waals surface area contributed by atoms with E-state index >= 15 is 0 Å². The maximum absolute atomic E-state index is 12.5. The van der Waals surface area contributed by atoms with Crippen LogP contribution in [0.2, 0.25) is 5.02 Å². The highest BCUT2D eigenvalue weighted by Crippen LogP contribution is 2.35. The number of hydrogen-bond acceptors (Lipinski definition) is 4. The Bertz CT molecular complexity index is 568. The molecule has 2 aliphatic heterocycles. The molecular formula is C14H15ClN2O3. The van der Waals surface area contributed by atoms with Gasteiger partial charge in [0.15, 0.2) is 12.4 Å². The van der Waals surface area contributed by atoms with E-state index in [1.807, 2.05) is 0 Å². The van der Waals surface area contributed by atoms with E-state index in [4.69, 9.17) is 16.3 Å². The van der Waals surface area contributed by atoms with Gasteiger partial charge in [-0.2, -0.15) is 0 Å². The van der Waals surface area contributed by atoms with Crippen molar-refractivity contribution in [1.29, 1.82) is 0 Å². The van der Waals surface area contributed by atoms with E-state index < -0.39 is 0 Å². The van der Waals surface area contributed by atoms with Gasteiger partial charge in [0, 0.05) is 18.0 Å². The molecule has 1 amide bonds. The van der Waals surface area contributed by atoms with Crippen LogP contribution in [0.25, 0.3) is 0 Å². The summed E-state index contributed by atoms with van der Waals surface area (Å²) in [7, 11) is 0. The number of hydrogen-bond donors (Lipinski definition) is 2. The Labute approximate surface area is 121 Å². The number of benzene rings is 1. The highest BCUT2D eigenvalue weighted by Gasteiger charge is 2.26. The van der Waals surface area contributed by atoms with E-state index in [-0.39, 0.29) is 24.2 Å². The summed E-state index contributed by atoms with van der Waals surface area (Å²) in [4.78, 5) is 23.8. The van der Waals surface area contributed by atoms with Crippen molar-refractivity contribution in [3.8, 4) is 5.75 Å². The molecule has 0 saturated carbocycles. The minimum atomic E-state index is -0.218. The Morgan fingerprint density at radius 3 is 3.00 bits per heavy atom. The van der Waals surface area contributed by atoms with Crippen LogP contribution in [0.4, 0.5) is 5.69 Å². The summed E-state index contributed by atoms with van der Waals surface area (Å²) in [5.41, 5.74) is 0.986. The molecule has 0 bridgehead atoms. The van der Waals surface area contributed by atoms with Gasteiger partial charge in [-0.1, -0.05) is 11.6 Å². The number of anilines is 1. The SMILES string of the molecule is O=C1COc2cc(C(=O)C3CCCNC3)c(Cl)cc2N1. The van der Waals surface area contributed by atoms with Crippen molar-refractivity contribution in [2.45, 2.75) is 12.8 Å². The number of ether oxygens (including phenoxy) is 1. The summed E-state index contributed by atoms with van der Waals surface area (Å²) in [6.45, 7) is 1.61. The summed E-state index contributed by atoms with van der Waals surface area (Å²) in [5.74, 6) is 0.272. The molecule has 1 saturated heterocycles. The number of ketones is 1. The summed E-state index contributed by atoms with van der Waals surface area (Å²) in [6.07, 6.45) is 1.86. The molecule has 1 unspecified atom stereocenters. The van der Waals surface area contributed by atoms with Gasteiger partial charge in [0.1, 0.15) is 5.75 Å². The second-order valence-corrected chi connectivity index (χ2v) is 5.48. The minimum absolute atomic E-state index is 0.0329. The average Bonchev–Trinajstić information content (AvgIpc) is 2.46. The van der Waals surface area contributed by atoms with Crippen LogP contribution in [-0.4, -0.2) is 31.4 Å². The van der Waals surface area contributed by atoms with Gasteiger partial charge in [-0.15, -0.1) is 0 Å². The van der Waals surface area contributed by atoms with Crippen molar-refractivity contribution in [2.24, 2.45) is 5.92 Å². The van der Waals surface area contributed by atoms with Gasteiger partial charge in [-0.3, -0.25) is 9.59 Å². The number of Topliss-reactive ketones (excluding diaryl/α,β-unsaturated/α-hetero) is 1. The van der Waals surface area contributed by atoms with E-state index in [2.05, 4.69) is 10.6 Å². The molecule has 1 aromatic carbocycles. The fraction of sp³-hybridized carbons (Fsp3) is 0.429. The molecule has 2 aliphatic rings. The van der Waals surface area contributed by atoms with Gasteiger partial charge in [0.25, 0.3) is 5.91 Å². The van der Waals surface area contributed by atoms with E-state index in [9.17, 15) is 9.59 Å². The van der Waals surface area contributed by atoms with Crippen molar-refractivity contribution in [3.05, 3.63) is 22.7 Å². The van der Waals surface area contributed by atoms with Crippen LogP contribution in [0.15, 0.2) is 12.1 Å². The molecule has 0 spiro atoms. The predicted octanol–water partition coefficient (Wildman–Crippen LogP) is 1.85. The number of amides is 1. The molecule has 1 aromatic rings. The Morgan fingerprint density at radius 1 is 1.40 bits per heavy atom. The monoisotopic (exact) mass is 294 g/mol. The van der Waals surface area contributed by atoms with Crippen LogP contribution in [0, 0.1) is 5.92 Å². The van der Waals surface area contributed by atoms with E-state index in [0.29, 0.717) is 28.6 Å². The molecule has 2 heterocycles. The topological polar surface area (TPSA) is 67.4 Å². The molecule has 2 N–H and O–H groups in total. The highest BCUT2D eigenvalue weighted by atomic mass is 35.5. The molecule has 1 fully saturated rings. The molecular weight excluding hydrogens is 280 g/mol. The molecule has 0 aliphatic carbocycles. The van der Waals surface area contributed by atoms with Crippen molar-refractivity contribution in [2.75, 3.05) is 25.0 Å². The van der Waals surface area contributed by atoms with Gasteiger partial charge in [-0.05, 0) is 31.5 Å². The zero-order chi connectivity index (χ0) is 14.1. The molecule has 3 rings (SSSR count). The molecule has 0 radical (unpaired) electrons. The van der Waals surface area contributed by atoms with E-state index in [1.165, 1.54) is 0 Å². The van der Waals surface area contributed by atoms with Gasteiger partial charge in [-0.25, -0.2) is 0 Å². The quantitative estimate of drug-likeness (QED) is 0.817. The number of carbonyl (C=O) groups excluding carboxylic acids is 2. The van der Waals surface area contributed by atoms with Crippen LogP contribution in [0.5, 0.6) is 5.75 Å². The van der Waals surface area contributed by atoms with Crippen molar-refractivity contribution >= 4 is 29.0 Å². The third kappa shape index (κ3) is 2.51. The summed E-state index contributed by atoms with van der Waals surface area (Å²) in [5, 5.41) is 6.25. The largest absolute Gasteiger partial charge is 0.482 e. The van der Waals surface area contributed by atoms with E-state index in [0.717, 1.165) is 19.4 Å². The lowest BCUT2D eigenvalue weighted by atomic mass is 9.90. The van der Waals surface area contributed by atoms with Crippen LogP contribution in [0.1, 0.15) is 23.2 Å². The van der Waals surface area contributed by atoms with Gasteiger partial charge in [0.05, 0.1) is 10.7 Å². The summed E-state index contributed by atoms with van der Waals surface area (Å²) in [6, 6.07) is 3.21. The Balaban J connectivity index is 1.89. The first-order valence-corrected chi connectivity index (χ1v) is 7.04. The molecule has 1 atom stereocenters. The molecule has 0 aromatic heterocycles. The lowest BCUT2D eigenvalue weighted by Gasteiger charge is -2.23. The van der Waals surface area contributed by atoms with Gasteiger partial charge in [0.2, 0.25) is 0 Å². The van der Waals surface area contributed by atoms with Crippen LogP contribution in [-0.2, 0) is 4.79 Å². The third-order valence-corrected chi connectivity index (χ3v) is 3.95. The first kappa shape index (κ1) is 13.4. The smallest absolute Gasteiger partial charge is 0.262 e. The summed E-state index contributed by atoms with van der Waals surface area (Å²) >= 11 is 6.17. The number of rotatable bonds is 2. The molecule has 6 heteroatoms. The van der Waals surface area contributed by atoms with Crippen LogP contribution in [0.3, 0.4) is 0 Å². The Hall–Kier alpha value is -1.59. The van der Waals surface area contributed by atoms with Crippen LogP contribution >= 0.6 is 11.6 Å². The third-order valence-electron chi connectivity index (χ3n) is 3.64. The first-order valence-electron chi connectivity index (χ1n) is 6.66. The van der Waals surface area contributed by atoms with Gasteiger partial charge < -0.3 is 15.4 Å². The van der Waals surface area contributed by atoms with Crippen LogP contribution < -0.4 is 15.4 Å². The molecule has 20 heavy (non-hydrogen) atoms. The lowest BCUT2D eigenvalue weighted by Crippen LogP contribution is -2.34. The average molecular weight is 295 g/mol. The molecule has 106 valence electrons. The Morgan fingerprint density at radius 2 is 2.25 bits per heavy atom. The number of fused-ring (bicyclic) bond motifs is 1. The fourth-order valence-electron chi connectivity index (χ4n) is 2.58. The predicted molar refractivity (Wildman–Crippen MR) is 75.5 cm³/mol. The number of piperidine rings is 1.